The van der Waals surface area contributed by atoms with Gasteiger partial charge in [-0.25, -0.2) is 12.7 Å². The average Bonchev–Trinajstić information content (AvgIpc) is 3.32. The van der Waals surface area contributed by atoms with E-state index in [-0.39, 0.29) is 11.3 Å². The molecule has 22 heavy (non-hydrogen) atoms. The van der Waals surface area contributed by atoms with Crippen LogP contribution in [0.15, 0.2) is 28.7 Å². The topological polar surface area (TPSA) is 40.6 Å². The van der Waals surface area contributed by atoms with Gasteiger partial charge in [-0.05, 0) is 43.4 Å². The SMILES string of the molecule is CN(C1CCN(Cc2cccc(Br)c2)CC1)S(=O)(=O)C1CC1. The van der Waals surface area contributed by atoms with Crippen molar-refractivity contribution in [2.45, 2.75) is 43.5 Å². The van der Waals surface area contributed by atoms with Crippen molar-refractivity contribution >= 4 is 26.0 Å². The van der Waals surface area contributed by atoms with Gasteiger partial charge < -0.3 is 0 Å². The second kappa shape index (κ2) is 6.59. The Morgan fingerprint density at radius 2 is 1.91 bits per heavy atom. The lowest BCUT2D eigenvalue weighted by Gasteiger charge is -2.36. The van der Waals surface area contributed by atoms with Crippen LogP contribution in [0.2, 0.25) is 0 Å². The average molecular weight is 387 g/mol. The molecule has 0 atom stereocenters. The Balaban J connectivity index is 1.54. The predicted octanol–water partition coefficient (Wildman–Crippen LogP) is 2.84. The second-order valence-corrected chi connectivity index (χ2v) is 9.59. The van der Waals surface area contributed by atoms with Gasteiger partial charge in [-0.2, -0.15) is 0 Å². The fourth-order valence-corrected chi connectivity index (χ4v) is 5.42. The first-order valence-corrected chi connectivity index (χ1v) is 10.2. The number of hydrogen-bond donors (Lipinski definition) is 0. The number of benzene rings is 1. The molecule has 0 aromatic heterocycles. The predicted molar refractivity (Wildman–Crippen MR) is 92.1 cm³/mol. The Morgan fingerprint density at radius 1 is 1.23 bits per heavy atom. The maximum Gasteiger partial charge on any atom is 0.216 e. The molecule has 1 saturated carbocycles. The molecule has 1 aromatic rings. The summed E-state index contributed by atoms with van der Waals surface area (Å²) in [5.74, 6) is 0. The molecule has 0 N–H and O–H groups in total. The molecule has 1 saturated heterocycles. The fraction of sp³-hybridized carbons (Fsp3) is 0.625. The monoisotopic (exact) mass is 386 g/mol. The van der Waals surface area contributed by atoms with Crippen LogP contribution in [0.4, 0.5) is 0 Å². The molecule has 6 heteroatoms. The van der Waals surface area contributed by atoms with Crippen molar-refractivity contribution in [3.05, 3.63) is 34.3 Å². The lowest BCUT2D eigenvalue weighted by Crippen LogP contribution is -2.46. The van der Waals surface area contributed by atoms with Crippen LogP contribution >= 0.6 is 15.9 Å². The van der Waals surface area contributed by atoms with Crippen molar-refractivity contribution in [1.29, 1.82) is 0 Å². The van der Waals surface area contributed by atoms with E-state index in [0.717, 1.165) is 49.8 Å². The van der Waals surface area contributed by atoms with Crippen LogP contribution in [-0.4, -0.2) is 49.1 Å². The zero-order valence-electron chi connectivity index (χ0n) is 12.9. The Morgan fingerprint density at radius 3 is 2.50 bits per heavy atom. The molecule has 122 valence electrons. The first-order chi connectivity index (χ1) is 10.5. The van der Waals surface area contributed by atoms with Gasteiger partial charge in [0.25, 0.3) is 0 Å². The summed E-state index contributed by atoms with van der Waals surface area (Å²) in [6.07, 6.45) is 3.54. The molecular formula is C16H23BrN2O2S. The molecule has 1 aromatic carbocycles. The summed E-state index contributed by atoms with van der Waals surface area (Å²) in [6, 6.07) is 8.55. The first-order valence-electron chi connectivity index (χ1n) is 7.90. The molecule has 4 nitrogen and oxygen atoms in total. The van der Waals surface area contributed by atoms with Gasteiger partial charge in [0.1, 0.15) is 0 Å². The molecule has 1 heterocycles. The number of hydrogen-bond acceptors (Lipinski definition) is 3. The molecule has 2 aliphatic rings. The van der Waals surface area contributed by atoms with Crippen LogP contribution in [0.3, 0.4) is 0 Å². The molecule has 0 bridgehead atoms. The summed E-state index contributed by atoms with van der Waals surface area (Å²) < 4.78 is 27.4. The number of halogens is 1. The maximum atomic E-state index is 12.3. The summed E-state index contributed by atoms with van der Waals surface area (Å²) >= 11 is 3.50. The zero-order chi connectivity index (χ0) is 15.7. The van der Waals surface area contributed by atoms with Crippen molar-refractivity contribution in [3.63, 3.8) is 0 Å². The number of nitrogens with zero attached hydrogens (tertiary/aromatic N) is 2. The van der Waals surface area contributed by atoms with Crippen LogP contribution in [-0.2, 0) is 16.6 Å². The van der Waals surface area contributed by atoms with Gasteiger partial charge >= 0.3 is 0 Å². The number of sulfonamides is 1. The summed E-state index contributed by atoms with van der Waals surface area (Å²) in [5, 5.41) is -0.0998. The van der Waals surface area contributed by atoms with Gasteiger partial charge in [0, 0.05) is 37.2 Å². The van der Waals surface area contributed by atoms with Crippen molar-refractivity contribution < 1.29 is 8.42 Å². The molecule has 1 aliphatic heterocycles. The van der Waals surface area contributed by atoms with Crippen LogP contribution in [0.25, 0.3) is 0 Å². The summed E-state index contributed by atoms with van der Waals surface area (Å²) in [6.45, 7) is 2.86. The van der Waals surface area contributed by atoms with Gasteiger partial charge in [0.05, 0.1) is 5.25 Å². The highest BCUT2D eigenvalue weighted by Gasteiger charge is 2.41. The molecule has 0 unspecified atom stereocenters. The van der Waals surface area contributed by atoms with Crippen LogP contribution < -0.4 is 0 Å². The van der Waals surface area contributed by atoms with Gasteiger partial charge in [-0.15, -0.1) is 0 Å². The maximum absolute atomic E-state index is 12.3. The van der Waals surface area contributed by atoms with E-state index in [2.05, 4.69) is 39.0 Å². The lowest BCUT2D eigenvalue weighted by molar-refractivity contribution is 0.164. The highest BCUT2D eigenvalue weighted by molar-refractivity contribution is 9.10. The molecule has 0 spiro atoms. The highest BCUT2D eigenvalue weighted by atomic mass is 79.9. The Kier molecular flexibility index (Phi) is 4.92. The normalized spacial score (nSPS) is 21.4. The first kappa shape index (κ1) is 16.4. The minimum absolute atomic E-state index is 0.0998. The summed E-state index contributed by atoms with van der Waals surface area (Å²) in [5.41, 5.74) is 1.30. The molecule has 0 amide bonds. The van der Waals surface area contributed by atoms with E-state index in [4.69, 9.17) is 0 Å². The van der Waals surface area contributed by atoms with Crippen molar-refractivity contribution in [1.82, 2.24) is 9.21 Å². The van der Waals surface area contributed by atoms with E-state index in [1.54, 1.807) is 11.4 Å². The number of piperidine rings is 1. The fourth-order valence-electron chi connectivity index (χ4n) is 3.14. The zero-order valence-corrected chi connectivity index (χ0v) is 15.3. The van der Waals surface area contributed by atoms with Crippen molar-refractivity contribution in [3.8, 4) is 0 Å². The molecule has 3 rings (SSSR count). The highest BCUT2D eigenvalue weighted by Crippen LogP contribution is 2.32. The third-order valence-electron chi connectivity index (χ3n) is 4.71. The smallest absolute Gasteiger partial charge is 0.216 e. The lowest BCUT2D eigenvalue weighted by atomic mass is 10.0. The third kappa shape index (κ3) is 3.72. The summed E-state index contributed by atoms with van der Waals surface area (Å²) in [7, 11) is -1.27. The third-order valence-corrected chi connectivity index (χ3v) is 7.62. The Bertz CT molecular complexity index is 623. The molecular weight excluding hydrogens is 364 g/mol. The van der Waals surface area contributed by atoms with Gasteiger partial charge in [-0.3, -0.25) is 4.90 Å². The summed E-state index contributed by atoms with van der Waals surface area (Å²) in [4.78, 5) is 2.41. The van der Waals surface area contributed by atoms with Gasteiger partial charge in [0.2, 0.25) is 10.0 Å². The molecule has 0 radical (unpaired) electrons. The van der Waals surface area contributed by atoms with E-state index >= 15 is 0 Å². The van der Waals surface area contributed by atoms with Crippen LogP contribution in [0.1, 0.15) is 31.2 Å². The Labute approximate surface area is 141 Å². The van der Waals surface area contributed by atoms with Crippen molar-refractivity contribution in [2.75, 3.05) is 20.1 Å². The van der Waals surface area contributed by atoms with Crippen molar-refractivity contribution in [2.24, 2.45) is 0 Å². The molecule has 2 fully saturated rings. The van der Waals surface area contributed by atoms with E-state index in [9.17, 15) is 8.42 Å². The Hall–Kier alpha value is -0.430. The van der Waals surface area contributed by atoms with Gasteiger partial charge in [0.15, 0.2) is 0 Å². The van der Waals surface area contributed by atoms with Crippen LogP contribution in [0, 0.1) is 0 Å². The number of likely N-dealkylation sites (tertiary alicyclic amines) is 1. The van der Waals surface area contributed by atoms with E-state index in [0.29, 0.717) is 0 Å². The van der Waals surface area contributed by atoms with E-state index in [1.165, 1.54) is 5.56 Å². The van der Waals surface area contributed by atoms with Gasteiger partial charge in [-0.1, -0.05) is 28.1 Å². The minimum Gasteiger partial charge on any atom is -0.299 e. The standard InChI is InChI=1S/C16H23BrN2O2S/c1-18(22(20,21)16-5-6-16)15-7-9-19(10-8-15)12-13-3-2-4-14(17)11-13/h2-4,11,15-16H,5-10,12H2,1H3. The van der Waals surface area contributed by atoms with E-state index < -0.39 is 10.0 Å². The second-order valence-electron chi connectivity index (χ2n) is 6.40. The minimum atomic E-state index is -3.04. The quantitative estimate of drug-likeness (QED) is 0.780. The number of rotatable bonds is 5. The molecule has 1 aliphatic carbocycles. The van der Waals surface area contributed by atoms with Crippen LogP contribution in [0.5, 0.6) is 0 Å². The largest absolute Gasteiger partial charge is 0.299 e. The van der Waals surface area contributed by atoms with E-state index in [1.807, 2.05) is 6.07 Å².